The fourth-order valence-corrected chi connectivity index (χ4v) is 4.41. The number of anilines is 1. The summed E-state index contributed by atoms with van der Waals surface area (Å²) >= 11 is 2.86. The Hall–Kier alpha value is -2.71. The second-order valence-electron chi connectivity index (χ2n) is 5.89. The van der Waals surface area contributed by atoms with Gasteiger partial charge in [-0.25, -0.2) is 4.79 Å². The van der Waals surface area contributed by atoms with E-state index in [0.717, 1.165) is 15.7 Å². The van der Waals surface area contributed by atoms with Crippen LogP contribution in [0.25, 0.3) is 0 Å². The van der Waals surface area contributed by atoms with Crippen molar-refractivity contribution in [2.24, 2.45) is 0 Å². The summed E-state index contributed by atoms with van der Waals surface area (Å²) in [5.41, 5.74) is 2.51. The van der Waals surface area contributed by atoms with Gasteiger partial charge in [0.2, 0.25) is 5.13 Å². The molecule has 1 N–H and O–H groups in total. The van der Waals surface area contributed by atoms with Crippen molar-refractivity contribution in [3.8, 4) is 0 Å². The number of benzene rings is 2. The van der Waals surface area contributed by atoms with Crippen molar-refractivity contribution in [1.29, 1.82) is 0 Å². The number of cyclic esters (lactones) is 1. The summed E-state index contributed by atoms with van der Waals surface area (Å²) in [5.74, 6) is -0.0949. The molecule has 1 atom stereocenters. The van der Waals surface area contributed by atoms with Crippen molar-refractivity contribution in [3.63, 3.8) is 0 Å². The van der Waals surface area contributed by atoms with Crippen LogP contribution in [-0.4, -0.2) is 28.2 Å². The molecule has 4 rings (SSSR count). The fourth-order valence-electron chi connectivity index (χ4n) is 2.70. The van der Waals surface area contributed by atoms with Crippen molar-refractivity contribution in [2.45, 2.75) is 22.6 Å². The molecule has 1 aliphatic rings. The van der Waals surface area contributed by atoms with E-state index in [0.29, 0.717) is 17.1 Å². The van der Waals surface area contributed by atoms with Gasteiger partial charge in [0.15, 0.2) is 10.4 Å². The lowest BCUT2D eigenvalue weighted by molar-refractivity contribution is -0.125. The van der Waals surface area contributed by atoms with Crippen molar-refractivity contribution < 1.29 is 14.3 Å². The first-order valence-corrected chi connectivity index (χ1v) is 10.1. The van der Waals surface area contributed by atoms with Crippen molar-refractivity contribution in [2.75, 3.05) is 5.32 Å². The van der Waals surface area contributed by atoms with Gasteiger partial charge >= 0.3 is 5.97 Å². The summed E-state index contributed by atoms with van der Waals surface area (Å²) in [7, 11) is 0. The van der Waals surface area contributed by atoms with Crippen molar-refractivity contribution >= 4 is 40.1 Å². The molecule has 136 valence electrons. The number of carbonyl (C=O) groups is 2. The summed E-state index contributed by atoms with van der Waals surface area (Å²) in [4.78, 5) is 24.5. The summed E-state index contributed by atoms with van der Waals surface area (Å²) < 4.78 is 6.02. The molecule has 6 nitrogen and oxygen atoms in total. The van der Waals surface area contributed by atoms with Gasteiger partial charge in [0.1, 0.15) is 0 Å². The monoisotopic (exact) mass is 397 g/mol. The minimum atomic E-state index is -0.864. The van der Waals surface area contributed by atoms with Gasteiger partial charge in [-0.1, -0.05) is 71.6 Å². The Bertz CT molecular complexity index is 975. The maximum atomic E-state index is 12.5. The van der Waals surface area contributed by atoms with E-state index in [1.807, 2.05) is 42.5 Å². The molecule has 8 heteroatoms. The number of nitrogens with zero attached hydrogens (tertiary/aromatic N) is 2. The number of esters is 1. The lowest BCUT2D eigenvalue weighted by atomic mass is 9.98. The summed E-state index contributed by atoms with van der Waals surface area (Å²) in [6.07, 6.45) is -0.515. The second-order valence-corrected chi connectivity index (χ2v) is 8.09. The van der Waals surface area contributed by atoms with E-state index in [1.54, 1.807) is 23.9 Å². The normalized spacial score (nSPS) is 15.7. The van der Waals surface area contributed by atoms with Crippen LogP contribution in [0.5, 0.6) is 0 Å². The van der Waals surface area contributed by atoms with E-state index in [1.165, 1.54) is 16.9 Å². The molecular formula is C19H15N3O3S2. The summed E-state index contributed by atoms with van der Waals surface area (Å²) in [6, 6.07) is 17.2. The minimum absolute atomic E-state index is 0.349. The number of amides is 1. The lowest BCUT2D eigenvalue weighted by Gasteiger charge is -2.23. The quantitative estimate of drug-likeness (QED) is 0.403. The van der Waals surface area contributed by atoms with Crippen LogP contribution in [0, 0.1) is 0 Å². The first-order valence-electron chi connectivity index (χ1n) is 8.29. The first-order chi connectivity index (χ1) is 13.2. The Morgan fingerprint density at radius 1 is 1.15 bits per heavy atom. The molecule has 0 saturated carbocycles. The average molecular weight is 397 g/mol. The molecule has 2 aromatic carbocycles. The molecule has 0 aliphatic carbocycles. The van der Waals surface area contributed by atoms with Crippen LogP contribution in [0.3, 0.4) is 0 Å². The molecule has 1 aromatic heterocycles. The largest absolute Gasteiger partial charge is 0.448 e. The molecule has 27 heavy (non-hydrogen) atoms. The van der Waals surface area contributed by atoms with Gasteiger partial charge in [0.05, 0.1) is 5.56 Å². The van der Waals surface area contributed by atoms with E-state index in [4.69, 9.17) is 4.74 Å². The average Bonchev–Trinajstić information content (AvgIpc) is 3.14. The van der Waals surface area contributed by atoms with Crippen LogP contribution in [-0.2, 0) is 21.7 Å². The fraction of sp³-hybridized carbons (Fsp3) is 0.158. The Balaban J connectivity index is 1.36. The number of fused-ring (bicyclic) bond motifs is 1. The zero-order chi connectivity index (χ0) is 18.6. The number of thioether (sulfide) groups is 1. The summed E-state index contributed by atoms with van der Waals surface area (Å²) in [5, 5.41) is 11.2. The molecule has 2 heterocycles. The highest BCUT2D eigenvalue weighted by atomic mass is 32.2. The highest BCUT2D eigenvalue weighted by Crippen LogP contribution is 2.29. The van der Waals surface area contributed by atoms with E-state index >= 15 is 0 Å². The van der Waals surface area contributed by atoms with E-state index < -0.39 is 18.0 Å². The predicted octanol–water partition coefficient (Wildman–Crippen LogP) is 3.55. The number of hydrogen-bond donors (Lipinski definition) is 1. The van der Waals surface area contributed by atoms with Crippen molar-refractivity contribution in [1.82, 2.24) is 10.2 Å². The van der Waals surface area contributed by atoms with E-state index in [-0.39, 0.29) is 0 Å². The highest BCUT2D eigenvalue weighted by molar-refractivity contribution is 8.00. The molecule has 0 fully saturated rings. The molecule has 1 aliphatic heterocycles. The Morgan fingerprint density at radius 3 is 2.78 bits per heavy atom. The maximum Gasteiger partial charge on any atom is 0.339 e. The van der Waals surface area contributed by atoms with E-state index in [2.05, 4.69) is 15.5 Å². The molecule has 0 radical (unpaired) electrons. The van der Waals surface area contributed by atoms with Crippen LogP contribution in [0.4, 0.5) is 5.13 Å². The van der Waals surface area contributed by atoms with Crippen LogP contribution >= 0.6 is 23.1 Å². The molecule has 0 bridgehead atoms. The number of ether oxygens (including phenoxy) is 1. The number of rotatable bonds is 5. The number of hydrogen-bond acceptors (Lipinski definition) is 7. The van der Waals surface area contributed by atoms with Gasteiger partial charge in [-0.2, -0.15) is 0 Å². The van der Waals surface area contributed by atoms with Gasteiger partial charge < -0.3 is 4.74 Å². The smallest absolute Gasteiger partial charge is 0.339 e. The third kappa shape index (κ3) is 4.17. The third-order valence-electron chi connectivity index (χ3n) is 4.03. The lowest BCUT2D eigenvalue weighted by Crippen LogP contribution is -2.37. The standard InChI is InChI=1S/C19H15N3O3S2/c23-16(15-10-13-8-4-5-9-14(13)17(24)25-15)20-18-21-22-19(27-18)26-11-12-6-2-1-3-7-12/h1-9,15H,10-11H2,(H,20,21,23)/t15-/m1/s1. The predicted molar refractivity (Wildman–Crippen MR) is 104 cm³/mol. The zero-order valence-electron chi connectivity index (χ0n) is 14.1. The van der Waals surface area contributed by atoms with Gasteiger partial charge in [-0.3, -0.25) is 10.1 Å². The molecule has 3 aromatic rings. The van der Waals surface area contributed by atoms with Gasteiger partial charge in [0, 0.05) is 12.2 Å². The zero-order valence-corrected chi connectivity index (χ0v) is 15.8. The Morgan fingerprint density at radius 2 is 1.93 bits per heavy atom. The van der Waals surface area contributed by atoms with Gasteiger partial charge in [0.25, 0.3) is 5.91 Å². The van der Waals surface area contributed by atoms with Crippen LogP contribution in [0.15, 0.2) is 58.9 Å². The molecule has 1 amide bonds. The molecular weight excluding hydrogens is 382 g/mol. The van der Waals surface area contributed by atoms with E-state index in [9.17, 15) is 9.59 Å². The topological polar surface area (TPSA) is 81.2 Å². The minimum Gasteiger partial charge on any atom is -0.448 e. The highest BCUT2D eigenvalue weighted by Gasteiger charge is 2.31. The number of aromatic nitrogens is 2. The number of nitrogens with one attached hydrogen (secondary N) is 1. The van der Waals surface area contributed by atoms with Gasteiger partial charge in [-0.15, -0.1) is 10.2 Å². The molecule has 0 saturated heterocycles. The first kappa shape index (κ1) is 17.7. The Kier molecular flexibility index (Phi) is 5.17. The van der Waals surface area contributed by atoms with Crippen LogP contribution < -0.4 is 5.32 Å². The second kappa shape index (κ2) is 7.89. The SMILES string of the molecule is O=C1O[C@@H](C(=O)Nc2nnc(SCc3ccccc3)s2)Cc2ccccc21. The Labute approximate surface area is 164 Å². The van der Waals surface area contributed by atoms with Crippen LogP contribution in [0.2, 0.25) is 0 Å². The third-order valence-corrected chi connectivity index (χ3v) is 6.07. The van der Waals surface area contributed by atoms with Crippen molar-refractivity contribution in [3.05, 3.63) is 71.3 Å². The van der Waals surface area contributed by atoms with Gasteiger partial charge in [-0.05, 0) is 17.2 Å². The summed E-state index contributed by atoms with van der Waals surface area (Å²) in [6.45, 7) is 0. The van der Waals surface area contributed by atoms with Crippen LogP contribution in [0.1, 0.15) is 21.5 Å². The molecule has 0 spiro atoms. The number of carbonyl (C=O) groups excluding carboxylic acids is 2. The maximum absolute atomic E-state index is 12.5. The molecule has 0 unspecified atom stereocenters.